The van der Waals surface area contributed by atoms with Gasteiger partial charge in [0.05, 0.1) is 13.2 Å². The lowest BCUT2D eigenvalue weighted by molar-refractivity contribution is -0.146. The fourth-order valence-electron chi connectivity index (χ4n) is 2.65. The summed E-state index contributed by atoms with van der Waals surface area (Å²) in [4.78, 5) is 24.3. The van der Waals surface area contributed by atoms with E-state index in [0.29, 0.717) is 13.0 Å². The SMILES string of the molecule is COC(=O)C(CCOC(C)C)NC(=O)C1CC1c1ccc(Br)cc1. The predicted molar refractivity (Wildman–Crippen MR) is 94.6 cm³/mol. The highest BCUT2D eigenvalue weighted by molar-refractivity contribution is 9.10. The highest BCUT2D eigenvalue weighted by Gasteiger charge is 2.44. The number of carbonyl (C=O) groups excluding carboxylic acids is 2. The van der Waals surface area contributed by atoms with Gasteiger partial charge in [0.15, 0.2) is 0 Å². The normalized spacial score (nSPS) is 20.5. The van der Waals surface area contributed by atoms with E-state index in [9.17, 15) is 9.59 Å². The largest absolute Gasteiger partial charge is 0.467 e. The van der Waals surface area contributed by atoms with E-state index in [1.54, 1.807) is 0 Å². The Balaban J connectivity index is 1.88. The maximum atomic E-state index is 12.4. The zero-order valence-corrected chi connectivity index (χ0v) is 15.8. The molecular formula is C18H24BrNO4. The Hall–Kier alpha value is -1.40. The Kier molecular flexibility index (Phi) is 6.80. The minimum Gasteiger partial charge on any atom is -0.467 e. The summed E-state index contributed by atoms with van der Waals surface area (Å²) < 4.78 is 11.3. The molecule has 0 radical (unpaired) electrons. The summed E-state index contributed by atoms with van der Waals surface area (Å²) in [5.74, 6) is -0.382. The number of ether oxygens (including phenoxy) is 2. The van der Waals surface area contributed by atoms with Crippen molar-refractivity contribution in [3.63, 3.8) is 0 Å². The summed E-state index contributed by atoms with van der Waals surface area (Å²) in [5.41, 5.74) is 1.15. The molecule has 1 aliphatic rings. The molecular weight excluding hydrogens is 374 g/mol. The van der Waals surface area contributed by atoms with Crippen LogP contribution < -0.4 is 5.32 Å². The van der Waals surface area contributed by atoms with E-state index >= 15 is 0 Å². The molecule has 3 unspecified atom stereocenters. The van der Waals surface area contributed by atoms with Crippen molar-refractivity contribution in [1.29, 1.82) is 0 Å². The number of amides is 1. The Morgan fingerprint density at radius 2 is 1.96 bits per heavy atom. The first-order valence-corrected chi connectivity index (χ1v) is 8.97. The van der Waals surface area contributed by atoms with Crippen molar-refractivity contribution < 1.29 is 19.1 Å². The fourth-order valence-corrected chi connectivity index (χ4v) is 2.92. The van der Waals surface area contributed by atoms with Crippen LogP contribution in [-0.4, -0.2) is 37.7 Å². The van der Waals surface area contributed by atoms with Crippen LogP contribution in [0.5, 0.6) is 0 Å². The molecule has 0 aromatic heterocycles. The minimum absolute atomic E-state index is 0.0793. The van der Waals surface area contributed by atoms with E-state index in [-0.39, 0.29) is 23.8 Å². The molecule has 0 bridgehead atoms. The number of esters is 1. The van der Waals surface area contributed by atoms with Crippen LogP contribution in [0.3, 0.4) is 0 Å². The maximum Gasteiger partial charge on any atom is 0.328 e. The van der Waals surface area contributed by atoms with Crippen molar-refractivity contribution in [2.45, 2.75) is 44.8 Å². The molecule has 1 aromatic rings. The van der Waals surface area contributed by atoms with Gasteiger partial charge in [-0.3, -0.25) is 4.79 Å². The Labute approximate surface area is 151 Å². The molecule has 1 aromatic carbocycles. The number of carbonyl (C=O) groups is 2. The van der Waals surface area contributed by atoms with Crippen LogP contribution in [0.15, 0.2) is 28.7 Å². The second-order valence-electron chi connectivity index (χ2n) is 6.29. The van der Waals surface area contributed by atoms with E-state index in [4.69, 9.17) is 9.47 Å². The van der Waals surface area contributed by atoms with Gasteiger partial charge in [-0.25, -0.2) is 4.79 Å². The van der Waals surface area contributed by atoms with Crippen LogP contribution in [0.1, 0.15) is 38.2 Å². The highest BCUT2D eigenvalue weighted by atomic mass is 79.9. The van der Waals surface area contributed by atoms with Gasteiger partial charge in [-0.15, -0.1) is 0 Å². The van der Waals surface area contributed by atoms with Crippen molar-refractivity contribution in [3.05, 3.63) is 34.3 Å². The lowest BCUT2D eigenvalue weighted by Crippen LogP contribution is -2.43. The molecule has 2 rings (SSSR count). The van der Waals surface area contributed by atoms with E-state index < -0.39 is 12.0 Å². The zero-order valence-electron chi connectivity index (χ0n) is 14.3. The quantitative estimate of drug-likeness (QED) is 0.684. The highest BCUT2D eigenvalue weighted by Crippen LogP contribution is 2.47. The Morgan fingerprint density at radius 3 is 2.54 bits per heavy atom. The molecule has 0 heterocycles. The van der Waals surface area contributed by atoms with Gasteiger partial charge in [0.1, 0.15) is 6.04 Å². The lowest BCUT2D eigenvalue weighted by atomic mass is 10.1. The number of rotatable bonds is 8. The van der Waals surface area contributed by atoms with Gasteiger partial charge >= 0.3 is 5.97 Å². The third-order valence-corrected chi connectivity index (χ3v) is 4.61. The molecule has 1 N–H and O–H groups in total. The predicted octanol–water partition coefficient (Wildman–Crippen LogP) is 3.03. The molecule has 0 spiro atoms. The number of hydrogen-bond donors (Lipinski definition) is 1. The molecule has 0 saturated heterocycles. The molecule has 1 aliphatic carbocycles. The smallest absolute Gasteiger partial charge is 0.328 e. The van der Waals surface area contributed by atoms with Gasteiger partial charge < -0.3 is 14.8 Å². The first-order chi connectivity index (χ1) is 11.4. The molecule has 1 amide bonds. The van der Waals surface area contributed by atoms with Crippen molar-refractivity contribution in [1.82, 2.24) is 5.32 Å². The van der Waals surface area contributed by atoms with E-state index in [2.05, 4.69) is 21.2 Å². The molecule has 6 heteroatoms. The molecule has 5 nitrogen and oxygen atoms in total. The average Bonchev–Trinajstić information content (AvgIpc) is 3.34. The van der Waals surface area contributed by atoms with Crippen molar-refractivity contribution >= 4 is 27.8 Å². The molecule has 1 fully saturated rings. The number of nitrogens with one attached hydrogen (secondary N) is 1. The molecule has 1 saturated carbocycles. The molecule has 24 heavy (non-hydrogen) atoms. The van der Waals surface area contributed by atoms with Crippen LogP contribution in [0.25, 0.3) is 0 Å². The lowest BCUT2D eigenvalue weighted by Gasteiger charge is -2.17. The van der Waals surface area contributed by atoms with Crippen LogP contribution >= 0.6 is 15.9 Å². The van der Waals surface area contributed by atoms with Crippen molar-refractivity contribution in [3.8, 4) is 0 Å². The molecule has 132 valence electrons. The van der Waals surface area contributed by atoms with Crippen LogP contribution in [0, 0.1) is 5.92 Å². The van der Waals surface area contributed by atoms with Crippen LogP contribution in [0.4, 0.5) is 0 Å². The first kappa shape index (κ1) is 18.9. The number of methoxy groups -OCH3 is 1. The summed E-state index contributed by atoms with van der Waals surface area (Å²) >= 11 is 3.41. The Bertz CT molecular complexity index is 573. The van der Waals surface area contributed by atoms with Crippen molar-refractivity contribution in [2.75, 3.05) is 13.7 Å². The summed E-state index contributed by atoms with van der Waals surface area (Å²) in [6, 6.07) is 7.34. The number of benzene rings is 1. The fraction of sp³-hybridized carbons (Fsp3) is 0.556. The molecule has 3 atom stereocenters. The second-order valence-corrected chi connectivity index (χ2v) is 7.21. The number of hydrogen-bond acceptors (Lipinski definition) is 4. The number of halogens is 1. The van der Waals surface area contributed by atoms with E-state index in [0.717, 1.165) is 16.5 Å². The van der Waals surface area contributed by atoms with Gasteiger partial charge in [0.2, 0.25) is 5.91 Å². The zero-order chi connectivity index (χ0) is 17.7. The summed E-state index contributed by atoms with van der Waals surface area (Å²) in [5, 5.41) is 2.81. The maximum absolute atomic E-state index is 12.4. The third kappa shape index (κ3) is 5.31. The van der Waals surface area contributed by atoms with Gasteiger partial charge in [0.25, 0.3) is 0 Å². The van der Waals surface area contributed by atoms with Gasteiger partial charge in [-0.05, 0) is 43.9 Å². The van der Waals surface area contributed by atoms with Gasteiger partial charge in [0, 0.05) is 23.4 Å². The summed E-state index contributed by atoms with van der Waals surface area (Å²) in [6.45, 7) is 4.26. The topological polar surface area (TPSA) is 64.6 Å². The van der Waals surface area contributed by atoms with E-state index in [1.807, 2.05) is 38.1 Å². The van der Waals surface area contributed by atoms with Crippen LogP contribution in [0.2, 0.25) is 0 Å². The summed E-state index contributed by atoms with van der Waals surface area (Å²) in [6.07, 6.45) is 1.31. The standard InChI is InChI=1S/C18H24BrNO4/c1-11(2)24-9-8-16(18(22)23-3)20-17(21)15-10-14(15)12-4-6-13(19)7-5-12/h4-7,11,14-16H,8-10H2,1-3H3,(H,20,21). The third-order valence-electron chi connectivity index (χ3n) is 4.09. The van der Waals surface area contributed by atoms with Gasteiger partial charge in [-0.1, -0.05) is 28.1 Å². The van der Waals surface area contributed by atoms with Gasteiger partial charge in [-0.2, -0.15) is 0 Å². The van der Waals surface area contributed by atoms with Crippen molar-refractivity contribution in [2.24, 2.45) is 5.92 Å². The Morgan fingerprint density at radius 1 is 1.29 bits per heavy atom. The summed E-state index contributed by atoms with van der Waals surface area (Å²) in [7, 11) is 1.33. The monoisotopic (exact) mass is 397 g/mol. The first-order valence-electron chi connectivity index (χ1n) is 8.17. The van der Waals surface area contributed by atoms with Crippen LogP contribution in [-0.2, 0) is 19.1 Å². The average molecular weight is 398 g/mol. The minimum atomic E-state index is -0.660. The molecule has 0 aliphatic heterocycles. The van der Waals surface area contributed by atoms with E-state index in [1.165, 1.54) is 7.11 Å². The second kappa shape index (κ2) is 8.62.